The Balaban J connectivity index is 2.08. The molecule has 1 aliphatic carbocycles. The lowest BCUT2D eigenvalue weighted by Gasteiger charge is -2.43. The normalized spacial score (nSPS) is 21.1. The van der Waals surface area contributed by atoms with Gasteiger partial charge in [-0.2, -0.15) is 0 Å². The monoisotopic (exact) mass is 382 g/mol. The first kappa shape index (κ1) is 20.2. The summed E-state index contributed by atoms with van der Waals surface area (Å²) >= 11 is 0. The van der Waals surface area contributed by atoms with E-state index in [2.05, 4.69) is 73.7 Å². The zero-order valence-corrected chi connectivity index (χ0v) is 17.9. The van der Waals surface area contributed by atoms with Gasteiger partial charge in [-0.05, 0) is 52.8 Å². The molecule has 3 rings (SSSR count). The fourth-order valence-corrected chi connectivity index (χ4v) is 4.08. The average molecular weight is 383 g/mol. The van der Waals surface area contributed by atoms with Crippen LogP contribution in [-0.4, -0.2) is 50.2 Å². The van der Waals surface area contributed by atoms with Gasteiger partial charge in [0.1, 0.15) is 0 Å². The van der Waals surface area contributed by atoms with Gasteiger partial charge in [-0.1, -0.05) is 0 Å². The summed E-state index contributed by atoms with van der Waals surface area (Å²) < 4.78 is 0. The molecule has 1 atom stereocenters. The highest BCUT2D eigenvalue weighted by Gasteiger charge is 2.34. The van der Waals surface area contributed by atoms with Gasteiger partial charge < -0.3 is 20.9 Å². The molecular formula is C22H34N6. The van der Waals surface area contributed by atoms with E-state index in [1.54, 1.807) is 0 Å². The van der Waals surface area contributed by atoms with Crippen molar-refractivity contribution in [3.05, 3.63) is 23.9 Å². The van der Waals surface area contributed by atoms with Crippen molar-refractivity contribution in [2.24, 2.45) is 9.98 Å². The second kappa shape index (κ2) is 9.13. The summed E-state index contributed by atoms with van der Waals surface area (Å²) in [5.41, 5.74) is 8.05. The molecule has 0 aromatic heterocycles. The van der Waals surface area contributed by atoms with Gasteiger partial charge in [-0.15, -0.1) is 0 Å². The second-order valence-corrected chi connectivity index (χ2v) is 6.99. The van der Waals surface area contributed by atoms with E-state index in [0.717, 1.165) is 67.6 Å². The fourth-order valence-electron chi connectivity index (χ4n) is 4.08. The van der Waals surface area contributed by atoms with E-state index in [1.165, 1.54) is 11.4 Å². The van der Waals surface area contributed by atoms with Crippen molar-refractivity contribution in [1.82, 2.24) is 0 Å². The van der Waals surface area contributed by atoms with Crippen molar-refractivity contribution in [3.63, 3.8) is 0 Å². The summed E-state index contributed by atoms with van der Waals surface area (Å²) in [6.45, 7) is 15.0. The van der Waals surface area contributed by atoms with Crippen molar-refractivity contribution < 1.29 is 0 Å². The Morgan fingerprint density at radius 2 is 1.68 bits per heavy atom. The molecule has 1 aliphatic heterocycles. The molecule has 28 heavy (non-hydrogen) atoms. The maximum Gasteiger partial charge on any atom is 0.0803 e. The van der Waals surface area contributed by atoms with E-state index in [9.17, 15) is 0 Å². The molecule has 0 fully saturated rings. The van der Waals surface area contributed by atoms with Crippen LogP contribution in [0.4, 0.5) is 22.7 Å². The predicted octanol–water partition coefficient (Wildman–Crippen LogP) is 4.38. The molecule has 0 bridgehead atoms. The van der Waals surface area contributed by atoms with Crippen LogP contribution in [0.25, 0.3) is 0 Å². The smallest absolute Gasteiger partial charge is 0.0803 e. The molecule has 6 heteroatoms. The van der Waals surface area contributed by atoms with E-state index in [4.69, 9.17) is 9.98 Å². The molecule has 0 spiro atoms. The minimum absolute atomic E-state index is 0.276. The summed E-state index contributed by atoms with van der Waals surface area (Å²) in [6.07, 6.45) is 3.09. The van der Waals surface area contributed by atoms with Gasteiger partial charge in [-0.3, -0.25) is 9.98 Å². The van der Waals surface area contributed by atoms with Gasteiger partial charge in [0.05, 0.1) is 40.2 Å². The molecule has 1 unspecified atom stereocenters. The van der Waals surface area contributed by atoms with Crippen LogP contribution in [-0.2, 0) is 0 Å². The van der Waals surface area contributed by atoms with Crippen molar-refractivity contribution in [2.45, 2.75) is 47.1 Å². The lowest BCUT2D eigenvalue weighted by atomic mass is 9.91. The molecule has 6 nitrogen and oxygen atoms in total. The Morgan fingerprint density at radius 1 is 1.00 bits per heavy atom. The van der Waals surface area contributed by atoms with E-state index in [1.807, 2.05) is 0 Å². The summed E-state index contributed by atoms with van der Waals surface area (Å²) in [7, 11) is 0. The van der Waals surface area contributed by atoms with Crippen LogP contribution < -0.4 is 20.9 Å². The molecule has 1 heterocycles. The topological polar surface area (TPSA) is 64.1 Å². The lowest BCUT2D eigenvalue weighted by molar-refractivity contribution is 0.681. The molecule has 0 saturated carbocycles. The largest absolute Gasteiger partial charge is 0.384 e. The highest BCUT2D eigenvalue weighted by Crippen LogP contribution is 2.42. The Hall–Kier alpha value is -2.50. The third kappa shape index (κ3) is 3.86. The molecule has 1 aromatic rings. The van der Waals surface area contributed by atoms with Crippen LogP contribution >= 0.6 is 0 Å². The minimum atomic E-state index is 0.276. The van der Waals surface area contributed by atoms with Crippen LogP contribution in [0, 0.1) is 0 Å². The highest BCUT2D eigenvalue weighted by atomic mass is 15.2. The van der Waals surface area contributed by atoms with Gasteiger partial charge in [0.2, 0.25) is 0 Å². The maximum atomic E-state index is 4.75. The van der Waals surface area contributed by atoms with Crippen molar-refractivity contribution in [1.29, 1.82) is 0 Å². The van der Waals surface area contributed by atoms with E-state index >= 15 is 0 Å². The lowest BCUT2D eigenvalue weighted by Crippen LogP contribution is -2.47. The molecule has 152 valence electrons. The number of nitrogens with zero attached hydrogens (tertiary/aromatic N) is 3. The molecular weight excluding hydrogens is 348 g/mol. The Labute approximate surface area is 169 Å². The number of hydrogen-bond acceptors (Lipinski definition) is 6. The van der Waals surface area contributed by atoms with Crippen LogP contribution in [0.5, 0.6) is 0 Å². The van der Waals surface area contributed by atoms with E-state index in [-0.39, 0.29) is 6.04 Å². The maximum absolute atomic E-state index is 4.75. The van der Waals surface area contributed by atoms with Crippen molar-refractivity contribution in [2.75, 3.05) is 53.6 Å². The first-order valence-corrected chi connectivity index (χ1v) is 10.7. The number of likely N-dealkylation sites (N-methyl/N-ethyl adjacent to an activating group) is 1. The first-order chi connectivity index (χ1) is 13.7. The van der Waals surface area contributed by atoms with Crippen LogP contribution in [0.15, 0.2) is 33.9 Å². The zero-order valence-electron chi connectivity index (χ0n) is 17.9. The quantitative estimate of drug-likeness (QED) is 0.655. The molecule has 0 saturated heterocycles. The Bertz CT molecular complexity index is 792. The zero-order chi connectivity index (χ0) is 20.1. The van der Waals surface area contributed by atoms with Crippen LogP contribution in [0.1, 0.15) is 41.0 Å². The molecule has 2 aliphatic rings. The summed E-state index contributed by atoms with van der Waals surface area (Å²) in [5.74, 6) is 0. The van der Waals surface area contributed by atoms with Gasteiger partial charge in [0.25, 0.3) is 0 Å². The number of fused-ring (bicyclic) bond motifs is 2. The number of hydrogen-bond donors (Lipinski definition) is 3. The average Bonchev–Trinajstić information content (AvgIpc) is 2.68. The van der Waals surface area contributed by atoms with Gasteiger partial charge in [0, 0.05) is 44.8 Å². The van der Waals surface area contributed by atoms with E-state index in [0.29, 0.717) is 0 Å². The third-order valence-corrected chi connectivity index (χ3v) is 5.19. The fraction of sp³-hybridized carbons (Fsp3) is 0.545. The first-order valence-electron chi connectivity index (χ1n) is 10.7. The summed E-state index contributed by atoms with van der Waals surface area (Å²) in [5, 5.41) is 10.7. The number of allylic oxidation sites excluding steroid dienone is 1. The number of aliphatic imine (C=N–C) groups is 2. The summed E-state index contributed by atoms with van der Waals surface area (Å²) in [4.78, 5) is 11.9. The Kier molecular flexibility index (Phi) is 6.60. The van der Waals surface area contributed by atoms with Crippen LogP contribution in [0.3, 0.4) is 0 Å². The third-order valence-electron chi connectivity index (χ3n) is 5.19. The molecule has 1 aromatic carbocycles. The van der Waals surface area contributed by atoms with Crippen LogP contribution in [0.2, 0.25) is 0 Å². The molecule has 0 amide bonds. The molecule has 0 radical (unpaired) electrons. The number of rotatable bonds is 7. The molecule has 3 N–H and O–H groups in total. The van der Waals surface area contributed by atoms with Crippen molar-refractivity contribution >= 4 is 34.2 Å². The predicted molar refractivity (Wildman–Crippen MR) is 124 cm³/mol. The van der Waals surface area contributed by atoms with E-state index < -0.39 is 0 Å². The summed E-state index contributed by atoms with van der Waals surface area (Å²) in [6, 6.07) is 4.78. The SMILES string of the molecule is CCN=C1C=C2Nc3cc(NCC)c(NCC)cc3N(CC)C2CC1=NCC. The number of anilines is 4. The number of nitrogens with one attached hydrogen (secondary N) is 3. The number of benzene rings is 1. The van der Waals surface area contributed by atoms with Gasteiger partial charge in [-0.25, -0.2) is 0 Å². The minimum Gasteiger partial charge on any atom is -0.384 e. The highest BCUT2D eigenvalue weighted by molar-refractivity contribution is 6.47. The van der Waals surface area contributed by atoms with Gasteiger partial charge in [0.15, 0.2) is 0 Å². The van der Waals surface area contributed by atoms with Gasteiger partial charge >= 0.3 is 0 Å². The second-order valence-electron chi connectivity index (χ2n) is 6.99. The van der Waals surface area contributed by atoms with Crippen molar-refractivity contribution in [3.8, 4) is 0 Å². The standard InChI is InChI=1S/C22H34N6/c1-6-23-15-11-19-21(13-17(15)25-8-3)28(10-5)22-14-18(26-9-4)16(24-7-2)12-20(22)27-19/h11-13,22-23,25,27H,6-10,14H2,1-5H3. The Morgan fingerprint density at radius 3 is 2.29 bits per heavy atom.